The highest BCUT2D eigenvalue weighted by atomic mass is 16.8. The molecule has 3 aromatic carbocycles. The van der Waals surface area contributed by atoms with Crippen molar-refractivity contribution in [2.75, 3.05) is 13.2 Å². The second-order valence-electron chi connectivity index (χ2n) is 8.44. The minimum atomic E-state index is -0.530. The van der Waals surface area contributed by atoms with E-state index in [2.05, 4.69) is 0 Å². The van der Waals surface area contributed by atoms with E-state index in [-0.39, 0.29) is 24.4 Å². The predicted octanol–water partition coefficient (Wildman–Crippen LogP) is 4.70. The van der Waals surface area contributed by atoms with Crippen LogP contribution in [-0.4, -0.2) is 37.6 Å². The molecule has 0 saturated carbocycles. The van der Waals surface area contributed by atoms with Gasteiger partial charge in [0, 0.05) is 16.7 Å². The van der Waals surface area contributed by atoms with Crippen LogP contribution >= 0.6 is 0 Å². The lowest BCUT2D eigenvalue weighted by Gasteiger charge is -2.47. The van der Waals surface area contributed by atoms with Gasteiger partial charge in [0.1, 0.15) is 24.4 Å². The Morgan fingerprint density at radius 2 is 0.788 bits per heavy atom. The number of fused-ring (bicyclic) bond motifs is 1. The van der Waals surface area contributed by atoms with Crippen LogP contribution in [0.1, 0.15) is 35.6 Å². The van der Waals surface area contributed by atoms with Crippen molar-refractivity contribution in [3.63, 3.8) is 0 Å². The Hall–Kier alpha value is -2.58. The molecule has 6 nitrogen and oxygen atoms in total. The summed E-state index contributed by atoms with van der Waals surface area (Å²) in [4.78, 5) is 0. The molecule has 33 heavy (non-hydrogen) atoms. The summed E-state index contributed by atoms with van der Waals surface area (Å²) in [7, 11) is 0. The topological polar surface area (TPSA) is 55.4 Å². The smallest absolute Gasteiger partial charge is 0.184 e. The molecule has 7 atom stereocenters. The van der Waals surface area contributed by atoms with Crippen LogP contribution < -0.4 is 0 Å². The van der Waals surface area contributed by atoms with E-state index in [0.717, 1.165) is 16.7 Å². The fourth-order valence-electron chi connectivity index (χ4n) is 4.59. The first-order valence-corrected chi connectivity index (χ1v) is 11.3. The third kappa shape index (κ3) is 4.34. The fourth-order valence-corrected chi connectivity index (χ4v) is 4.59. The molecule has 3 aliphatic rings. The normalized spacial score (nSPS) is 34.0. The summed E-state index contributed by atoms with van der Waals surface area (Å²) < 4.78 is 37.6. The lowest BCUT2D eigenvalue weighted by molar-refractivity contribution is -0.373. The van der Waals surface area contributed by atoms with Crippen LogP contribution in [0.15, 0.2) is 91.0 Å². The van der Waals surface area contributed by atoms with Crippen molar-refractivity contribution < 1.29 is 28.4 Å². The largest absolute Gasteiger partial charge is 0.346 e. The molecule has 0 aromatic heterocycles. The quantitative estimate of drug-likeness (QED) is 0.579. The molecule has 3 fully saturated rings. The minimum absolute atomic E-state index is 0.284. The second-order valence-corrected chi connectivity index (χ2v) is 8.44. The number of benzene rings is 3. The first-order valence-electron chi connectivity index (χ1n) is 11.3. The summed E-state index contributed by atoms with van der Waals surface area (Å²) in [6, 6.07) is 29.8. The van der Waals surface area contributed by atoms with E-state index < -0.39 is 18.9 Å². The number of hydrogen-bond donors (Lipinski definition) is 0. The standard InChI is InChI=1S/C27H26O6/c1-4-10-18(11-5-1)25-28-16-21(30-25)24-23-22(31-27(33-24)20-14-8-3-9-15-20)17-29-26(32-23)19-12-6-2-7-13-19/h1-15,21-27H,16-17H2/t21-,22+,23-,24-,25?,26?,27?/m0/s1. The van der Waals surface area contributed by atoms with Gasteiger partial charge in [0.25, 0.3) is 0 Å². The van der Waals surface area contributed by atoms with E-state index in [1.807, 2.05) is 91.0 Å². The summed E-state index contributed by atoms with van der Waals surface area (Å²) in [5, 5.41) is 0. The van der Waals surface area contributed by atoms with Crippen LogP contribution in [0, 0.1) is 0 Å². The summed E-state index contributed by atoms with van der Waals surface area (Å²) in [5.41, 5.74) is 2.90. The van der Waals surface area contributed by atoms with E-state index in [1.54, 1.807) is 0 Å². The van der Waals surface area contributed by atoms with Gasteiger partial charge in [-0.15, -0.1) is 0 Å². The Kier molecular flexibility index (Phi) is 5.94. The van der Waals surface area contributed by atoms with Gasteiger partial charge in [-0.1, -0.05) is 91.0 Å². The van der Waals surface area contributed by atoms with E-state index in [1.165, 1.54) is 0 Å². The van der Waals surface area contributed by atoms with Gasteiger partial charge in [-0.3, -0.25) is 0 Å². The molecule has 170 valence electrons. The molecule has 0 radical (unpaired) electrons. The van der Waals surface area contributed by atoms with Crippen molar-refractivity contribution >= 4 is 0 Å². The van der Waals surface area contributed by atoms with Crippen LogP contribution in [0.2, 0.25) is 0 Å². The third-order valence-electron chi connectivity index (χ3n) is 6.25. The van der Waals surface area contributed by atoms with E-state index >= 15 is 0 Å². The van der Waals surface area contributed by atoms with Gasteiger partial charge in [-0.05, 0) is 0 Å². The highest BCUT2D eigenvalue weighted by molar-refractivity contribution is 5.19. The zero-order valence-electron chi connectivity index (χ0n) is 18.1. The Morgan fingerprint density at radius 1 is 0.424 bits per heavy atom. The number of rotatable bonds is 4. The molecule has 3 unspecified atom stereocenters. The van der Waals surface area contributed by atoms with Crippen molar-refractivity contribution in [2.24, 2.45) is 0 Å². The maximum absolute atomic E-state index is 6.49. The molecule has 6 heteroatoms. The molecule has 0 bridgehead atoms. The lowest BCUT2D eigenvalue weighted by atomic mass is 9.99. The third-order valence-corrected chi connectivity index (χ3v) is 6.25. The van der Waals surface area contributed by atoms with Gasteiger partial charge in [0.2, 0.25) is 0 Å². The maximum atomic E-state index is 6.49. The second kappa shape index (κ2) is 9.35. The fraction of sp³-hybridized carbons (Fsp3) is 0.333. The highest BCUT2D eigenvalue weighted by Gasteiger charge is 2.50. The Labute approximate surface area is 192 Å². The molecule has 3 saturated heterocycles. The van der Waals surface area contributed by atoms with Gasteiger partial charge in [-0.2, -0.15) is 0 Å². The highest BCUT2D eigenvalue weighted by Crippen LogP contribution is 2.41. The Morgan fingerprint density at radius 3 is 1.27 bits per heavy atom. The van der Waals surface area contributed by atoms with Gasteiger partial charge < -0.3 is 28.4 Å². The first-order chi connectivity index (χ1) is 16.3. The number of hydrogen-bond acceptors (Lipinski definition) is 6. The summed E-state index contributed by atoms with van der Waals surface area (Å²) in [6.45, 7) is 0.818. The monoisotopic (exact) mass is 446 g/mol. The zero-order valence-corrected chi connectivity index (χ0v) is 18.1. The predicted molar refractivity (Wildman–Crippen MR) is 119 cm³/mol. The maximum Gasteiger partial charge on any atom is 0.184 e. The van der Waals surface area contributed by atoms with Crippen LogP contribution in [-0.2, 0) is 28.4 Å². The van der Waals surface area contributed by atoms with E-state index in [4.69, 9.17) is 28.4 Å². The Balaban J connectivity index is 1.26. The average molecular weight is 446 g/mol. The summed E-state index contributed by atoms with van der Waals surface area (Å²) >= 11 is 0. The molecule has 3 heterocycles. The van der Waals surface area contributed by atoms with Crippen molar-refractivity contribution in [1.29, 1.82) is 0 Å². The van der Waals surface area contributed by atoms with Crippen LogP contribution in [0.25, 0.3) is 0 Å². The Bertz CT molecular complexity index is 1030. The van der Waals surface area contributed by atoms with Gasteiger partial charge >= 0.3 is 0 Å². The van der Waals surface area contributed by atoms with Gasteiger partial charge in [0.15, 0.2) is 18.9 Å². The molecule has 3 aliphatic heterocycles. The minimum Gasteiger partial charge on any atom is -0.346 e. The molecular formula is C27H26O6. The van der Waals surface area contributed by atoms with Crippen molar-refractivity contribution in [3.05, 3.63) is 108 Å². The molecule has 0 amide bonds. The molecule has 3 aromatic rings. The SMILES string of the molecule is c1ccc(C2OC[C@H]3OC(c4ccccc4)O[C@@H]([C@@H]4COC(c5ccccc5)O4)[C@H]3O2)cc1. The molecular weight excluding hydrogens is 420 g/mol. The number of ether oxygens (including phenoxy) is 6. The molecule has 0 aliphatic carbocycles. The van der Waals surface area contributed by atoms with Crippen molar-refractivity contribution in [3.8, 4) is 0 Å². The van der Waals surface area contributed by atoms with Gasteiger partial charge in [-0.25, -0.2) is 0 Å². The first kappa shape index (κ1) is 21.0. The van der Waals surface area contributed by atoms with Crippen LogP contribution in [0.3, 0.4) is 0 Å². The van der Waals surface area contributed by atoms with Crippen molar-refractivity contribution in [1.82, 2.24) is 0 Å². The summed E-state index contributed by atoms with van der Waals surface area (Å²) in [6.07, 6.45) is -2.76. The average Bonchev–Trinajstić information content (AvgIpc) is 3.39. The van der Waals surface area contributed by atoms with Crippen LogP contribution in [0.4, 0.5) is 0 Å². The lowest BCUT2D eigenvalue weighted by Crippen LogP contribution is -2.58. The molecule has 6 rings (SSSR count). The zero-order chi connectivity index (χ0) is 22.0. The summed E-state index contributed by atoms with van der Waals surface area (Å²) in [5.74, 6) is 0. The van der Waals surface area contributed by atoms with Crippen molar-refractivity contribution in [2.45, 2.75) is 43.3 Å². The van der Waals surface area contributed by atoms with E-state index in [0.29, 0.717) is 13.2 Å². The van der Waals surface area contributed by atoms with Crippen LogP contribution in [0.5, 0.6) is 0 Å². The molecule has 0 N–H and O–H groups in total. The molecule has 0 spiro atoms. The van der Waals surface area contributed by atoms with Gasteiger partial charge in [0.05, 0.1) is 13.2 Å². The van der Waals surface area contributed by atoms with E-state index in [9.17, 15) is 0 Å².